The summed E-state index contributed by atoms with van der Waals surface area (Å²) in [5.41, 5.74) is 3.27. The molecule has 1 saturated heterocycles. The second kappa shape index (κ2) is 9.69. The Balaban J connectivity index is 1.24. The monoisotopic (exact) mass is 507 g/mol. The van der Waals surface area contributed by atoms with Crippen molar-refractivity contribution < 1.29 is 22.7 Å². The Morgan fingerprint density at radius 3 is 2.51 bits per heavy atom. The second-order valence-electron chi connectivity index (χ2n) is 8.31. The number of hydrogen-bond acceptors (Lipinski definition) is 6. The van der Waals surface area contributed by atoms with Gasteiger partial charge >= 0.3 is 12.4 Å². The fourth-order valence-corrected chi connectivity index (χ4v) is 4.15. The molecule has 9 nitrogen and oxygen atoms in total. The van der Waals surface area contributed by atoms with Gasteiger partial charge in [-0.1, -0.05) is 12.1 Å². The van der Waals surface area contributed by atoms with Crippen molar-refractivity contribution in [3.05, 3.63) is 66.5 Å². The SMILES string of the molecule is N#Cc1cccc(-c2cc3c(N4CCN(C(=O)Nc5ccc(OC(F)(F)F)cc5)CC4)ncnc3[nH]2)c1. The molecular formula is C25H20F3N7O2. The van der Waals surface area contributed by atoms with E-state index in [-0.39, 0.29) is 11.8 Å². The number of carbonyl (C=O) groups excluding carboxylic acids is 1. The molecule has 1 fully saturated rings. The number of rotatable bonds is 4. The summed E-state index contributed by atoms with van der Waals surface area (Å²) < 4.78 is 40.8. The molecule has 1 aliphatic heterocycles. The highest BCUT2D eigenvalue weighted by Gasteiger charge is 2.31. The fourth-order valence-electron chi connectivity index (χ4n) is 4.15. The number of amides is 2. The fraction of sp³-hybridized carbons (Fsp3) is 0.200. The zero-order valence-electron chi connectivity index (χ0n) is 19.3. The van der Waals surface area contributed by atoms with Crippen molar-refractivity contribution in [2.24, 2.45) is 0 Å². The van der Waals surface area contributed by atoms with Crippen LogP contribution in [0.5, 0.6) is 5.75 Å². The molecular weight excluding hydrogens is 487 g/mol. The van der Waals surface area contributed by atoms with Gasteiger partial charge in [-0.3, -0.25) is 0 Å². The van der Waals surface area contributed by atoms with Crippen LogP contribution in [-0.2, 0) is 0 Å². The lowest BCUT2D eigenvalue weighted by atomic mass is 10.1. The van der Waals surface area contributed by atoms with Gasteiger partial charge in [-0.2, -0.15) is 5.26 Å². The summed E-state index contributed by atoms with van der Waals surface area (Å²) in [6, 6.07) is 16.0. The van der Waals surface area contributed by atoms with Crippen LogP contribution in [0.15, 0.2) is 60.9 Å². The minimum Gasteiger partial charge on any atom is -0.406 e. The molecule has 0 bridgehead atoms. The van der Waals surface area contributed by atoms with E-state index in [1.54, 1.807) is 17.0 Å². The summed E-state index contributed by atoms with van der Waals surface area (Å²) >= 11 is 0. The Kier molecular flexibility index (Phi) is 6.27. The number of ether oxygens (including phenoxy) is 1. The highest BCUT2D eigenvalue weighted by molar-refractivity contribution is 5.92. The van der Waals surface area contributed by atoms with Gasteiger partial charge < -0.3 is 24.8 Å². The van der Waals surface area contributed by atoms with Gasteiger partial charge in [0.2, 0.25) is 0 Å². The van der Waals surface area contributed by atoms with Crippen molar-refractivity contribution in [1.29, 1.82) is 5.26 Å². The number of alkyl halides is 3. The molecule has 0 spiro atoms. The number of piperazine rings is 1. The first-order valence-corrected chi connectivity index (χ1v) is 11.3. The van der Waals surface area contributed by atoms with Crippen molar-refractivity contribution in [3.8, 4) is 23.1 Å². The highest BCUT2D eigenvalue weighted by Crippen LogP contribution is 2.30. The van der Waals surface area contributed by atoms with Gasteiger partial charge in [-0.25, -0.2) is 14.8 Å². The van der Waals surface area contributed by atoms with E-state index in [1.807, 2.05) is 18.2 Å². The molecule has 2 N–H and O–H groups in total. The second-order valence-corrected chi connectivity index (χ2v) is 8.31. The third-order valence-electron chi connectivity index (χ3n) is 5.91. The Bertz CT molecular complexity index is 1470. The van der Waals surface area contributed by atoms with Gasteiger partial charge in [0, 0.05) is 37.6 Å². The third-order valence-corrected chi connectivity index (χ3v) is 5.91. The first-order chi connectivity index (χ1) is 17.8. The zero-order valence-corrected chi connectivity index (χ0v) is 19.3. The number of aromatic amines is 1. The zero-order chi connectivity index (χ0) is 26.0. The Morgan fingerprint density at radius 1 is 1.05 bits per heavy atom. The summed E-state index contributed by atoms with van der Waals surface area (Å²) in [5, 5.41) is 12.7. The molecule has 0 saturated carbocycles. The van der Waals surface area contributed by atoms with Crippen LogP contribution in [-0.4, -0.2) is 58.4 Å². The molecule has 12 heteroatoms. The maximum Gasteiger partial charge on any atom is 0.573 e. The average Bonchev–Trinajstić information content (AvgIpc) is 3.34. The minimum atomic E-state index is -4.77. The largest absolute Gasteiger partial charge is 0.573 e. The van der Waals surface area contributed by atoms with Gasteiger partial charge in [0.25, 0.3) is 0 Å². The molecule has 5 rings (SSSR count). The molecule has 2 aromatic heterocycles. The van der Waals surface area contributed by atoms with Gasteiger partial charge in [-0.05, 0) is 48.0 Å². The lowest BCUT2D eigenvalue weighted by Gasteiger charge is -2.35. The lowest BCUT2D eigenvalue weighted by Crippen LogP contribution is -2.50. The first kappa shape index (κ1) is 23.9. The highest BCUT2D eigenvalue weighted by atomic mass is 19.4. The third kappa shape index (κ3) is 5.40. The summed E-state index contributed by atoms with van der Waals surface area (Å²) in [7, 11) is 0. The van der Waals surface area contributed by atoms with Crippen molar-refractivity contribution >= 4 is 28.6 Å². The Morgan fingerprint density at radius 2 is 1.81 bits per heavy atom. The predicted molar refractivity (Wildman–Crippen MR) is 130 cm³/mol. The standard InChI is InChI=1S/C25H20F3N7O2/c26-25(27,28)37-19-6-4-18(5-7-19)32-24(36)35-10-8-34(9-11-35)23-20-13-21(33-22(20)30-15-31-23)17-3-1-2-16(12-17)14-29/h1-7,12-13,15H,8-11H2,(H,32,36)(H,30,31,33). The molecule has 188 valence electrons. The molecule has 37 heavy (non-hydrogen) atoms. The number of hydrogen-bond donors (Lipinski definition) is 2. The molecule has 2 amide bonds. The lowest BCUT2D eigenvalue weighted by molar-refractivity contribution is -0.274. The molecule has 0 unspecified atom stereocenters. The molecule has 0 atom stereocenters. The number of halogens is 3. The summed E-state index contributed by atoms with van der Waals surface area (Å²) in [4.78, 5) is 28.5. The normalized spacial score (nSPS) is 13.9. The number of aromatic nitrogens is 3. The molecule has 4 aromatic rings. The van der Waals surface area contributed by atoms with E-state index in [9.17, 15) is 23.2 Å². The number of carbonyl (C=O) groups is 1. The number of nitriles is 1. The number of anilines is 2. The van der Waals surface area contributed by atoms with Gasteiger partial charge in [-0.15, -0.1) is 13.2 Å². The molecule has 3 heterocycles. The molecule has 2 aromatic carbocycles. The van der Waals surface area contributed by atoms with Crippen molar-refractivity contribution in [2.45, 2.75) is 6.36 Å². The summed E-state index contributed by atoms with van der Waals surface area (Å²) in [5.74, 6) is 0.380. The van der Waals surface area contributed by atoms with E-state index in [1.165, 1.54) is 18.5 Å². The molecule has 0 radical (unpaired) electrons. The van der Waals surface area contributed by atoms with Crippen LogP contribution >= 0.6 is 0 Å². The van der Waals surface area contributed by atoms with E-state index < -0.39 is 6.36 Å². The van der Waals surface area contributed by atoms with Crippen LogP contribution in [0.2, 0.25) is 0 Å². The van der Waals surface area contributed by atoms with Gasteiger partial charge in [0.1, 0.15) is 23.5 Å². The van der Waals surface area contributed by atoms with Crippen molar-refractivity contribution in [2.75, 3.05) is 36.4 Å². The van der Waals surface area contributed by atoms with Crippen LogP contribution in [0.4, 0.5) is 29.5 Å². The number of nitrogens with zero attached hydrogens (tertiary/aromatic N) is 5. The van der Waals surface area contributed by atoms with Crippen LogP contribution in [0, 0.1) is 11.3 Å². The number of nitrogens with one attached hydrogen (secondary N) is 2. The number of urea groups is 1. The molecule has 0 aliphatic carbocycles. The van der Waals surface area contributed by atoms with E-state index >= 15 is 0 Å². The van der Waals surface area contributed by atoms with Gasteiger partial charge in [0.15, 0.2) is 0 Å². The van der Waals surface area contributed by atoms with E-state index in [0.29, 0.717) is 43.1 Å². The maximum atomic E-state index is 12.7. The quantitative estimate of drug-likeness (QED) is 0.413. The Labute approximate surface area is 209 Å². The van der Waals surface area contributed by atoms with E-state index in [0.717, 1.165) is 34.6 Å². The Hall–Kier alpha value is -4.79. The smallest absolute Gasteiger partial charge is 0.406 e. The van der Waals surface area contributed by atoms with Crippen molar-refractivity contribution in [1.82, 2.24) is 19.9 Å². The van der Waals surface area contributed by atoms with Crippen LogP contribution in [0.1, 0.15) is 5.56 Å². The molecule has 1 aliphatic rings. The minimum absolute atomic E-state index is 0.349. The first-order valence-electron chi connectivity index (χ1n) is 11.3. The average molecular weight is 507 g/mol. The van der Waals surface area contributed by atoms with Crippen molar-refractivity contribution in [3.63, 3.8) is 0 Å². The number of H-pyrrole nitrogens is 1. The number of benzene rings is 2. The maximum absolute atomic E-state index is 12.7. The predicted octanol–water partition coefficient (Wildman–Crippen LogP) is 4.75. The number of fused-ring (bicyclic) bond motifs is 1. The van der Waals surface area contributed by atoms with Crippen LogP contribution in [0.3, 0.4) is 0 Å². The van der Waals surface area contributed by atoms with E-state index in [2.05, 4.69) is 36.0 Å². The summed E-state index contributed by atoms with van der Waals surface area (Å²) in [6.07, 6.45) is -3.29. The topological polar surface area (TPSA) is 110 Å². The summed E-state index contributed by atoms with van der Waals surface area (Å²) in [6.45, 7) is 1.91. The van der Waals surface area contributed by atoms with E-state index in [4.69, 9.17) is 0 Å². The van der Waals surface area contributed by atoms with Gasteiger partial charge in [0.05, 0.1) is 17.0 Å². The van der Waals surface area contributed by atoms with Crippen LogP contribution < -0.4 is 15.0 Å². The van der Waals surface area contributed by atoms with Crippen LogP contribution in [0.25, 0.3) is 22.3 Å².